The number of amides is 2. The molecule has 7 nitrogen and oxygen atoms in total. The van der Waals surface area contributed by atoms with Gasteiger partial charge in [-0.25, -0.2) is 9.59 Å². The second-order valence-electron chi connectivity index (χ2n) is 8.64. The Bertz CT molecular complexity index is 1220. The van der Waals surface area contributed by atoms with Crippen molar-refractivity contribution in [1.82, 2.24) is 5.32 Å². The second-order valence-corrected chi connectivity index (χ2v) is 8.64. The molecular weight excluding hydrogens is 444 g/mol. The van der Waals surface area contributed by atoms with Crippen molar-refractivity contribution < 1.29 is 24.2 Å². The SMILES string of the molecule is CCc1ccc(NC(=O)C(C)CNC(=O)OCC2c3ccccc3-c3ccccc32)c(C(=O)O)c1. The van der Waals surface area contributed by atoms with Gasteiger partial charge in [-0.05, 0) is 46.4 Å². The van der Waals surface area contributed by atoms with E-state index in [1.54, 1.807) is 25.1 Å². The van der Waals surface area contributed by atoms with E-state index in [-0.39, 0.29) is 30.3 Å². The molecule has 1 aliphatic rings. The molecule has 0 saturated heterocycles. The molecule has 0 bridgehead atoms. The molecule has 3 aromatic rings. The van der Waals surface area contributed by atoms with Gasteiger partial charge in [0.05, 0.1) is 17.2 Å². The van der Waals surface area contributed by atoms with Crippen LogP contribution in [-0.2, 0) is 16.0 Å². The molecule has 1 aliphatic carbocycles. The van der Waals surface area contributed by atoms with Crippen molar-refractivity contribution in [2.24, 2.45) is 5.92 Å². The Labute approximate surface area is 204 Å². The summed E-state index contributed by atoms with van der Waals surface area (Å²) in [6, 6.07) is 21.1. The molecule has 2 amide bonds. The maximum atomic E-state index is 12.6. The zero-order valence-electron chi connectivity index (χ0n) is 19.7. The predicted octanol–water partition coefficient (Wildman–Crippen LogP) is 5.06. The first-order valence-electron chi connectivity index (χ1n) is 11.6. The minimum Gasteiger partial charge on any atom is -0.478 e. The molecule has 3 N–H and O–H groups in total. The Morgan fingerprint density at radius 1 is 0.971 bits per heavy atom. The van der Waals surface area contributed by atoms with Crippen molar-refractivity contribution in [2.75, 3.05) is 18.5 Å². The number of ether oxygens (including phenoxy) is 1. The topological polar surface area (TPSA) is 105 Å². The van der Waals surface area contributed by atoms with Gasteiger partial charge in [0.1, 0.15) is 6.61 Å². The van der Waals surface area contributed by atoms with E-state index in [4.69, 9.17) is 4.74 Å². The lowest BCUT2D eigenvalue weighted by atomic mass is 9.98. The van der Waals surface area contributed by atoms with E-state index in [1.165, 1.54) is 0 Å². The Morgan fingerprint density at radius 3 is 2.20 bits per heavy atom. The summed E-state index contributed by atoms with van der Waals surface area (Å²) in [6.45, 7) is 3.82. The number of aromatic carboxylic acids is 1. The summed E-state index contributed by atoms with van der Waals surface area (Å²) in [6.07, 6.45) is 0.0830. The molecule has 0 spiro atoms. The molecule has 0 aliphatic heterocycles. The molecular formula is C28H28N2O5. The highest BCUT2D eigenvalue weighted by molar-refractivity contribution is 6.01. The van der Waals surface area contributed by atoms with Gasteiger partial charge in [-0.2, -0.15) is 0 Å². The first-order valence-corrected chi connectivity index (χ1v) is 11.6. The molecule has 7 heteroatoms. The monoisotopic (exact) mass is 472 g/mol. The summed E-state index contributed by atoms with van der Waals surface area (Å²) in [5, 5.41) is 14.8. The zero-order chi connectivity index (χ0) is 24.9. The van der Waals surface area contributed by atoms with Crippen molar-refractivity contribution in [1.29, 1.82) is 0 Å². The van der Waals surface area contributed by atoms with Crippen LogP contribution in [0, 0.1) is 5.92 Å². The predicted molar refractivity (Wildman–Crippen MR) is 134 cm³/mol. The summed E-state index contributed by atoms with van der Waals surface area (Å²) < 4.78 is 5.50. The Morgan fingerprint density at radius 2 is 1.60 bits per heavy atom. The summed E-state index contributed by atoms with van der Waals surface area (Å²) in [5.74, 6) is -2.15. The van der Waals surface area contributed by atoms with E-state index in [2.05, 4.69) is 22.8 Å². The minimum atomic E-state index is -1.11. The third-order valence-electron chi connectivity index (χ3n) is 6.32. The van der Waals surface area contributed by atoms with Crippen molar-refractivity contribution in [3.63, 3.8) is 0 Å². The number of rotatable bonds is 8. The molecule has 0 radical (unpaired) electrons. The number of hydrogen-bond donors (Lipinski definition) is 3. The number of carbonyl (C=O) groups is 3. The molecule has 4 rings (SSSR count). The van der Waals surface area contributed by atoms with Crippen LogP contribution in [0.5, 0.6) is 0 Å². The number of carbonyl (C=O) groups excluding carboxylic acids is 2. The number of aryl methyl sites for hydroxylation is 1. The number of hydrogen-bond acceptors (Lipinski definition) is 4. The van der Waals surface area contributed by atoms with Crippen molar-refractivity contribution in [3.8, 4) is 11.1 Å². The number of alkyl carbamates (subject to hydrolysis) is 1. The fourth-order valence-corrected chi connectivity index (χ4v) is 4.33. The van der Waals surface area contributed by atoms with Gasteiger partial charge in [-0.1, -0.05) is 68.4 Å². The van der Waals surface area contributed by atoms with Gasteiger partial charge in [0.25, 0.3) is 0 Å². The highest BCUT2D eigenvalue weighted by Gasteiger charge is 2.29. The van der Waals surface area contributed by atoms with E-state index in [9.17, 15) is 19.5 Å². The molecule has 0 fully saturated rings. The van der Waals surface area contributed by atoms with Gasteiger partial charge in [0.2, 0.25) is 5.91 Å². The van der Waals surface area contributed by atoms with E-state index < -0.39 is 23.9 Å². The minimum absolute atomic E-state index is 0.0365. The first-order chi connectivity index (χ1) is 16.9. The van der Waals surface area contributed by atoms with E-state index >= 15 is 0 Å². The molecule has 35 heavy (non-hydrogen) atoms. The first kappa shape index (κ1) is 24.0. The largest absolute Gasteiger partial charge is 0.478 e. The average molecular weight is 473 g/mol. The lowest BCUT2D eigenvalue weighted by Gasteiger charge is -2.17. The molecule has 0 aromatic heterocycles. The molecule has 180 valence electrons. The van der Waals surface area contributed by atoms with Crippen LogP contribution < -0.4 is 10.6 Å². The van der Waals surface area contributed by atoms with Crippen LogP contribution in [0.15, 0.2) is 66.7 Å². The van der Waals surface area contributed by atoms with E-state index in [1.807, 2.05) is 43.3 Å². The number of anilines is 1. The number of carboxylic acids is 1. The van der Waals surface area contributed by atoms with E-state index in [0.29, 0.717) is 6.42 Å². The van der Waals surface area contributed by atoms with Gasteiger partial charge < -0.3 is 20.5 Å². The van der Waals surface area contributed by atoms with Gasteiger partial charge >= 0.3 is 12.1 Å². The molecule has 3 aromatic carbocycles. The van der Waals surface area contributed by atoms with Crippen molar-refractivity contribution in [3.05, 3.63) is 89.0 Å². The van der Waals surface area contributed by atoms with Gasteiger partial charge in [0.15, 0.2) is 0 Å². The lowest BCUT2D eigenvalue weighted by Crippen LogP contribution is -2.35. The number of benzene rings is 3. The van der Waals surface area contributed by atoms with Crippen LogP contribution >= 0.6 is 0 Å². The van der Waals surface area contributed by atoms with Crippen LogP contribution in [0.4, 0.5) is 10.5 Å². The van der Waals surface area contributed by atoms with Crippen LogP contribution in [0.25, 0.3) is 11.1 Å². The number of fused-ring (bicyclic) bond motifs is 3. The number of nitrogens with one attached hydrogen (secondary N) is 2. The third-order valence-corrected chi connectivity index (χ3v) is 6.32. The molecule has 0 saturated carbocycles. The summed E-state index contributed by atoms with van der Waals surface area (Å²) in [5.41, 5.74) is 5.67. The van der Waals surface area contributed by atoms with Crippen molar-refractivity contribution >= 4 is 23.7 Å². The Balaban J connectivity index is 1.32. The van der Waals surface area contributed by atoms with Crippen LogP contribution in [0.2, 0.25) is 0 Å². The fraction of sp³-hybridized carbons (Fsp3) is 0.250. The highest BCUT2D eigenvalue weighted by atomic mass is 16.5. The summed E-state index contributed by atoms with van der Waals surface area (Å²) >= 11 is 0. The van der Waals surface area contributed by atoms with Gasteiger partial charge in [-0.3, -0.25) is 4.79 Å². The normalized spacial score (nSPS) is 12.9. The second kappa shape index (κ2) is 10.4. The molecule has 0 heterocycles. The van der Waals surface area contributed by atoms with Crippen LogP contribution in [0.3, 0.4) is 0 Å². The van der Waals surface area contributed by atoms with Gasteiger partial charge in [0, 0.05) is 12.5 Å². The van der Waals surface area contributed by atoms with E-state index in [0.717, 1.165) is 27.8 Å². The summed E-state index contributed by atoms with van der Waals surface area (Å²) in [7, 11) is 0. The number of carboxylic acid groups (broad SMARTS) is 1. The van der Waals surface area contributed by atoms with Gasteiger partial charge in [-0.15, -0.1) is 0 Å². The Kier molecular flexibility index (Phi) is 7.15. The van der Waals surface area contributed by atoms with Crippen LogP contribution in [0.1, 0.15) is 46.8 Å². The quantitative estimate of drug-likeness (QED) is 0.425. The fourth-order valence-electron chi connectivity index (χ4n) is 4.33. The molecule has 1 atom stereocenters. The molecule has 1 unspecified atom stereocenters. The van der Waals surface area contributed by atoms with Crippen LogP contribution in [-0.4, -0.2) is 36.2 Å². The maximum absolute atomic E-state index is 12.6. The maximum Gasteiger partial charge on any atom is 0.407 e. The smallest absolute Gasteiger partial charge is 0.407 e. The van der Waals surface area contributed by atoms with Crippen molar-refractivity contribution in [2.45, 2.75) is 26.2 Å². The standard InChI is InChI=1S/C28H28N2O5/c1-3-18-12-13-25(23(14-18)27(32)33)30-26(31)17(2)15-29-28(34)35-16-24-21-10-6-4-8-19(21)20-9-5-7-11-22(20)24/h4-14,17,24H,3,15-16H2,1-2H3,(H,29,34)(H,30,31)(H,32,33). The third kappa shape index (κ3) is 5.19. The average Bonchev–Trinajstić information content (AvgIpc) is 3.19. The Hall–Kier alpha value is -4.13. The zero-order valence-corrected chi connectivity index (χ0v) is 19.7. The highest BCUT2D eigenvalue weighted by Crippen LogP contribution is 2.44. The summed E-state index contributed by atoms with van der Waals surface area (Å²) in [4.78, 5) is 36.5. The lowest BCUT2D eigenvalue weighted by molar-refractivity contribution is -0.119.